The molecule has 1 amide bonds. The maximum atomic E-state index is 12.1. The van der Waals surface area contributed by atoms with Gasteiger partial charge in [-0.05, 0) is 0 Å². The molecule has 128 valence electrons. The van der Waals surface area contributed by atoms with Crippen LogP contribution < -0.4 is 5.32 Å². The van der Waals surface area contributed by atoms with E-state index in [0.717, 1.165) is 22.3 Å². The molecule has 1 N–H and O–H groups in total. The standard InChI is InChI=1S/C14H18N6OS3/c1-4-7-20-10(6-3)16-18-13(20)23-9-11(21)15-12-17-19-14(24-12)22-8-5-2/h4-5H,1-2,6-9H2,3H3,(H,15,17,21). The molecule has 2 heterocycles. The fraction of sp³-hybridized carbons (Fsp3) is 0.357. The number of hydrogen-bond acceptors (Lipinski definition) is 8. The SMILES string of the molecule is C=CCSc1nnc(NC(=O)CSc2nnc(CC)n2CC=C)s1. The van der Waals surface area contributed by atoms with Crippen molar-refractivity contribution in [1.82, 2.24) is 25.0 Å². The first-order valence-corrected chi connectivity index (χ1v) is 9.99. The second-order valence-corrected chi connectivity index (χ2v) is 7.65. The molecule has 0 spiro atoms. The Balaban J connectivity index is 1.89. The summed E-state index contributed by atoms with van der Waals surface area (Å²) < 4.78 is 2.76. The Bertz CT molecular complexity index is 711. The van der Waals surface area contributed by atoms with E-state index in [1.54, 1.807) is 12.2 Å². The lowest BCUT2D eigenvalue weighted by atomic mass is 10.4. The molecule has 0 fully saturated rings. The van der Waals surface area contributed by atoms with Crippen molar-refractivity contribution in [1.29, 1.82) is 0 Å². The number of aromatic nitrogens is 5. The average Bonchev–Trinajstić information content (AvgIpc) is 3.18. The van der Waals surface area contributed by atoms with Gasteiger partial charge >= 0.3 is 0 Å². The van der Waals surface area contributed by atoms with Crippen LogP contribution in [0.2, 0.25) is 0 Å². The van der Waals surface area contributed by atoms with Crippen LogP contribution in [0.15, 0.2) is 34.8 Å². The van der Waals surface area contributed by atoms with E-state index in [-0.39, 0.29) is 11.7 Å². The van der Waals surface area contributed by atoms with Gasteiger partial charge in [0, 0.05) is 18.7 Å². The molecular weight excluding hydrogens is 364 g/mol. The van der Waals surface area contributed by atoms with Gasteiger partial charge in [-0.25, -0.2) is 0 Å². The van der Waals surface area contributed by atoms with Gasteiger partial charge < -0.3 is 4.57 Å². The summed E-state index contributed by atoms with van der Waals surface area (Å²) in [5.74, 6) is 1.72. The monoisotopic (exact) mass is 382 g/mol. The molecule has 24 heavy (non-hydrogen) atoms. The Morgan fingerprint density at radius 3 is 2.79 bits per heavy atom. The van der Waals surface area contributed by atoms with Gasteiger partial charge in [-0.3, -0.25) is 10.1 Å². The topological polar surface area (TPSA) is 85.6 Å². The molecule has 0 saturated carbocycles. The minimum absolute atomic E-state index is 0.150. The Hall–Kier alpha value is -1.65. The van der Waals surface area contributed by atoms with Crippen molar-refractivity contribution in [2.24, 2.45) is 0 Å². The van der Waals surface area contributed by atoms with Gasteiger partial charge in [0.2, 0.25) is 11.0 Å². The van der Waals surface area contributed by atoms with Crippen LogP contribution in [-0.4, -0.2) is 42.4 Å². The van der Waals surface area contributed by atoms with E-state index in [0.29, 0.717) is 16.8 Å². The average molecular weight is 383 g/mol. The lowest BCUT2D eigenvalue weighted by molar-refractivity contribution is -0.113. The highest BCUT2D eigenvalue weighted by atomic mass is 32.2. The van der Waals surface area contributed by atoms with Crippen LogP contribution in [0.25, 0.3) is 0 Å². The second-order valence-electron chi connectivity index (χ2n) is 4.46. The number of thioether (sulfide) groups is 2. The van der Waals surface area contributed by atoms with Crippen LogP contribution in [0.5, 0.6) is 0 Å². The normalized spacial score (nSPS) is 10.5. The summed E-state index contributed by atoms with van der Waals surface area (Å²) in [6.45, 7) is 10.0. The van der Waals surface area contributed by atoms with Crippen molar-refractivity contribution in [3.63, 3.8) is 0 Å². The van der Waals surface area contributed by atoms with Gasteiger partial charge in [-0.2, -0.15) is 0 Å². The van der Waals surface area contributed by atoms with Crippen LogP contribution in [0.3, 0.4) is 0 Å². The third-order valence-corrected chi connectivity index (χ3v) is 5.67. The van der Waals surface area contributed by atoms with Gasteiger partial charge in [0.15, 0.2) is 9.50 Å². The molecule has 7 nitrogen and oxygen atoms in total. The van der Waals surface area contributed by atoms with Gasteiger partial charge in [0.05, 0.1) is 5.75 Å². The molecule has 0 radical (unpaired) electrons. The molecule has 0 aromatic carbocycles. The number of nitrogens with zero attached hydrogens (tertiary/aromatic N) is 5. The van der Waals surface area contributed by atoms with Crippen molar-refractivity contribution in [3.05, 3.63) is 31.1 Å². The molecule has 2 rings (SSSR count). The summed E-state index contributed by atoms with van der Waals surface area (Å²) in [6.07, 6.45) is 4.37. The van der Waals surface area contributed by atoms with E-state index in [4.69, 9.17) is 0 Å². The lowest BCUT2D eigenvalue weighted by Crippen LogP contribution is -2.14. The summed E-state index contributed by atoms with van der Waals surface area (Å²) in [7, 11) is 0. The molecule has 0 bridgehead atoms. The van der Waals surface area contributed by atoms with Crippen LogP contribution in [0, 0.1) is 0 Å². The van der Waals surface area contributed by atoms with E-state index >= 15 is 0 Å². The van der Waals surface area contributed by atoms with Gasteiger partial charge in [0.1, 0.15) is 5.82 Å². The molecule has 0 saturated heterocycles. The first kappa shape index (κ1) is 18.7. The van der Waals surface area contributed by atoms with E-state index in [1.807, 2.05) is 11.5 Å². The third kappa shape index (κ3) is 5.18. The number of allylic oxidation sites excluding steroid dienone is 1. The predicted octanol–water partition coefficient (Wildman–Crippen LogP) is 2.89. The minimum Gasteiger partial charge on any atom is -0.302 e. The Morgan fingerprint density at radius 2 is 2.08 bits per heavy atom. The van der Waals surface area contributed by atoms with Gasteiger partial charge in [-0.1, -0.05) is 53.9 Å². The van der Waals surface area contributed by atoms with Crippen LogP contribution in [0.4, 0.5) is 5.13 Å². The summed E-state index contributed by atoms with van der Waals surface area (Å²) in [5, 5.41) is 20.2. The number of nitrogens with one attached hydrogen (secondary N) is 1. The summed E-state index contributed by atoms with van der Waals surface area (Å²) in [6, 6.07) is 0. The van der Waals surface area contributed by atoms with E-state index < -0.39 is 0 Å². The summed E-state index contributed by atoms with van der Waals surface area (Å²) >= 11 is 4.22. The predicted molar refractivity (Wildman–Crippen MR) is 99.8 cm³/mol. The van der Waals surface area contributed by atoms with Crippen molar-refractivity contribution in [3.8, 4) is 0 Å². The van der Waals surface area contributed by atoms with E-state index in [1.165, 1.54) is 34.9 Å². The van der Waals surface area contributed by atoms with Crippen LogP contribution in [-0.2, 0) is 17.8 Å². The number of rotatable bonds is 10. The fourth-order valence-corrected chi connectivity index (χ4v) is 4.03. The smallest absolute Gasteiger partial charge is 0.236 e. The molecule has 0 unspecified atom stereocenters. The first-order chi connectivity index (χ1) is 11.7. The van der Waals surface area contributed by atoms with Crippen molar-refractivity contribution in [2.75, 3.05) is 16.8 Å². The third-order valence-electron chi connectivity index (χ3n) is 2.73. The molecule has 10 heteroatoms. The Kier molecular flexibility index (Phi) is 7.47. The maximum absolute atomic E-state index is 12.1. The molecular formula is C14H18N6OS3. The first-order valence-electron chi connectivity index (χ1n) is 7.20. The molecule has 0 aliphatic rings. The van der Waals surface area contributed by atoms with Crippen molar-refractivity contribution >= 4 is 45.9 Å². The molecule has 0 atom stereocenters. The summed E-state index contributed by atoms with van der Waals surface area (Å²) in [5.41, 5.74) is 0. The zero-order valence-corrected chi connectivity index (χ0v) is 15.7. The Labute approximate surface area is 153 Å². The molecule has 2 aromatic heterocycles. The zero-order chi connectivity index (χ0) is 17.4. The lowest BCUT2D eigenvalue weighted by Gasteiger charge is -2.05. The highest BCUT2D eigenvalue weighted by Crippen LogP contribution is 2.25. The number of carbonyl (C=O) groups is 1. The second kappa shape index (κ2) is 9.60. The molecule has 0 aliphatic heterocycles. The maximum Gasteiger partial charge on any atom is 0.236 e. The minimum atomic E-state index is -0.150. The highest BCUT2D eigenvalue weighted by molar-refractivity contribution is 8.01. The highest BCUT2D eigenvalue weighted by Gasteiger charge is 2.13. The van der Waals surface area contributed by atoms with Gasteiger partial charge in [-0.15, -0.1) is 33.6 Å². The number of carbonyl (C=O) groups excluding carboxylic acids is 1. The van der Waals surface area contributed by atoms with Crippen molar-refractivity contribution < 1.29 is 4.79 Å². The Morgan fingerprint density at radius 1 is 1.25 bits per heavy atom. The number of anilines is 1. The largest absolute Gasteiger partial charge is 0.302 e. The van der Waals surface area contributed by atoms with Crippen LogP contribution >= 0.6 is 34.9 Å². The quantitative estimate of drug-likeness (QED) is 0.384. The molecule has 2 aromatic rings. The fourth-order valence-electron chi connectivity index (χ4n) is 1.73. The number of aryl methyl sites for hydroxylation is 1. The number of hydrogen-bond donors (Lipinski definition) is 1. The van der Waals surface area contributed by atoms with E-state index in [9.17, 15) is 4.79 Å². The van der Waals surface area contributed by atoms with Gasteiger partial charge in [0.25, 0.3) is 0 Å². The van der Waals surface area contributed by atoms with Crippen molar-refractivity contribution in [2.45, 2.75) is 29.4 Å². The van der Waals surface area contributed by atoms with E-state index in [2.05, 4.69) is 38.9 Å². The molecule has 0 aliphatic carbocycles. The van der Waals surface area contributed by atoms with Crippen LogP contribution in [0.1, 0.15) is 12.7 Å². The summed E-state index contributed by atoms with van der Waals surface area (Å²) in [4.78, 5) is 12.1. The number of amides is 1. The zero-order valence-electron chi connectivity index (χ0n) is 13.3.